The largest absolute Gasteiger partial charge is 0.410 e. The zero-order chi connectivity index (χ0) is 11.9. The van der Waals surface area contributed by atoms with Crippen LogP contribution in [0.1, 0.15) is 34.6 Å². The zero-order valence-corrected chi connectivity index (χ0v) is 11.2. The Morgan fingerprint density at radius 1 is 1.40 bits per heavy atom. The van der Waals surface area contributed by atoms with Crippen LogP contribution in [0.4, 0.5) is 0 Å². The minimum Gasteiger partial charge on any atom is -0.410 e. The lowest BCUT2D eigenvalue weighted by Gasteiger charge is -2.48. The summed E-state index contributed by atoms with van der Waals surface area (Å²) < 4.78 is 11.2. The fraction of sp³-hybridized carbons (Fsp3) is 1.00. The Kier molecular flexibility index (Phi) is 3.34. The second-order valence-electron chi connectivity index (χ2n) is 5.66. The monoisotopic (exact) mass is 234 g/mol. The van der Waals surface area contributed by atoms with Crippen molar-refractivity contribution in [2.24, 2.45) is 0 Å². The molecular formula is C10H22O4Si. The van der Waals surface area contributed by atoms with Crippen LogP contribution in [-0.4, -0.2) is 37.0 Å². The third kappa shape index (κ3) is 2.79. The molecule has 1 aliphatic rings. The SMILES string of the molecule is CC1(C)OC(CO)C[Si](O)(C(C)(C)C)O1. The smallest absolute Gasteiger partial charge is 0.345 e. The van der Waals surface area contributed by atoms with Gasteiger partial charge >= 0.3 is 8.56 Å². The molecule has 1 fully saturated rings. The summed E-state index contributed by atoms with van der Waals surface area (Å²) in [6, 6.07) is 0.427. The summed E-state index contributed by atoms with van der Waals surface area (Å²) in [5, 5.41) is 8.88. The van der Waals surface area contributed by atoms with E-state index in [0.717, 1.165) is 0 Å². The number of hydrogen-bond donors (Lipinski definition) is 2. The fourth-order valence-corrected chi connectivity index (χ4v) is 4.48. The van der Waals surface area contributed by atoms with Crippen molar-refractivity contribution < 1.29 is 19.1 Å². The van der Waals surface area contributed by atoms with Gasteiger partial charge < -0.3 is 19.1 Å². The average Bonchev–Trinajstić information content (AvgIpc) is 1.98. The Morgan fingerprint density at radius 2 is 1.93 bits per heavy atom. The van der Waals surface area contributed by atoms with Gasteiger partial charge in [0, 0.05) is 11.1 Å². The predicted molar refractivity (Wildman–Crippen MR) is 59.6 cm³/mol. The van der Waals surface area contributed by atoms with Crippen LogP contribution >= 0.6 is 0 Å². The topological polar surface area (TPSA) is 58.9 Å². The lowest BCUT2D eigenvalue weighted by molar-refractivity contribution is -0.226. The Bertz CT molecular complexity index is 236. The van der Waals surface area contributed by atoms with Gasteiger partial charge in [0.15, 0.2) is 5.79 Å². The van der Waals surface area contributed by atoms with Gasteiger partial charge in [0.25, 0.3) is 0 Å². The van der Waals surface area contributed by atoms with Crippen molar-refractivity contribution in [2.45, 2.75) is 57.6 Å². The maximum Gasteiger partial charge on any atom is 0.345 e. The molecule has 15 heavy (non-hydrogen) atoms. The highest BCUT2D eigenvalue weighted by atomic mass is 28.4. The van der Waals surface area contributed by atoms with Crippen LogP contribution in [0.5, 0.6) is 0 Å². The Hall–Kier alpha value is 0.0569. The molecule has 0 bridgehead atoms. The summed E-state index contributed by atoms with van der Waals surface area (Å²) in [5.74, 6) is -0.806. The van der Waals surface area contributed by atoms with E-state index in [1.165, 1.54) is 0 Å². The van der Waals surface area contributed by atoms with E-state index in [9.17, 15) is 4.80 Å². The highest BCUT2D eigenvalue weighted by Crippen LogP contribution is 2.44. The second-order valence-corrected chi connectivity index (χ2v) is 9.34. The molecule has 0 aromatic rings. The van der Waals surface area contributed by atoms with Crippen LogP contribution in [0.25, 0.3) is 0 Å². The Morgan fingerprint density at radius 3 is 2.33 bits per heavy atom. The minimum atomic E-state index is -2.84. The lowest BCUT2D eigenvalue weighted by Crippen LogP contribution is -2.60. The van der Waals surface area contributed by atoms with Gasteiger partial charge in [-0.15, -0.1) is 0 Å². The van der Waals surface area contributed by atoms with Crippen LogP contribution in [0.15, 0.2) is 0 Å². The number of hydrogen-bond acceptors (Lipinski definition) is 4. The number of rotatable bonds is 1. The minimum absolute atomic E-state index is 0.0712. The van der Waals surface area contributed by atoms with E-state index in [1.54, 1.807) is 13.8 Å². The molecular weight excluding hydrogens is 212 g/mol. The van der Waals surface area contributed by atoms with Crippen molar-refractivity contribution >= 4 is 8.56 Å². The molecule has 1 rings (SSSR count). The summed E-state index contributed by atoms with van der Waals surface area (Å²) in [7, 11) is -2.84. The molecule has 0 aromatic carbocycles. The lowest BCUT2D eigenvalue weighted by atomic mass is 10.2. The molecule has 0 aromatic heterocycles. The van der Waals surface area contributed by atoms with Crippen molar-refractivity contribution in [3.05, 3.63) is 0 Å². The number of ether oxygens (including phenoxy) is 1. The first-order chi connectivity index (χ1) is 6.60. The van der Waals surface area contributed by atoms with E-state index in [2.05, 4.69) is 0 Å². The summed E-state index contributed by atoms with van der Waals surface area (Å²) in [6.45, 7) is 9.38. The van der Waals surface area contributed by atoms with Gasteiger partial charge in [-0.3, -0.25) is 0 Å². The van der Waals surface area contributed by atoms with Crippen molar-refractivity contribution in [3.63, 3.8) is 0 Å². The van der Waals surface area contributed by atoms with Crippen LogP contribution in [0.2, 0.25) is 11.1 Å². The molecule has 4 nitrogen and oxygen atoms in total. The summed E-state index contributed by atoms with van der Waals surface area (Å²) >= 11 is 0. The van der Waals surface area contributed by atoms with Gasteiger partial charge in [0.05, 0.1) is 12.7 Å². The van der Waals surface area contributed by atoms with E-state index in [4.69, 9.17) is 14.3 Å². The molecule has 2 unspecified atom stereocenters. The highest BCUT2D eigenvalue weighted by molar-refractivity contribution is 6.69. The van der Waals surface area contributed by atoms with Crippen molar-refractivity contribution in [1.82, 2.24) is 0 Å². The third-order valence-corrected chi connectivity index (χ3v) is 6.93. The average molecular weight is 234 g/mol. The predicted octanol–water partition coefficient (Wildman–Crippen LogP) is 1.36. The first kappa shape index (κ1) is 13.1. The molecule has 0 spiro atoms. The van der Waals surface area contributed by atoms with Crippen molar-refractivity contribution in [2.75, 3.05) is 6.61 Å². The van der Waals surface area contributed by atoms with E-state index in [0.29, 0.717) is 6.04 Å². The molecule has 0 saturated carbocycles. The molecule has 2 N–H and O–H groups in total. The van der Waals surface area contributed by atoms with E-state index in [1.807, 2.05) is 20.8 Å². The number of aliphatic hydroxyl groups is 1. The van der Waals surface area contributed by atoms with Crippen molar-refractivity contribution in [3.8, 4) is 0 Å². The molecule has 2 atom stereocenters. The van der Waals surface area contributed by atoms with Crippen LogP contribution < -0.4 is 0 Å². The molecule has 90 valence electrons. The maximum absolute atomic E-state index is 10.6. The molecule has 0 radical (unpaired) electrons. The van der Waals surface area contributed by atoms with Gasteiger partial charge in [-0.25, -0.2) is 0 Å². The molecule has 0 aliphatic carbocycles. The quantitative estimate of drug-likeness (QED) is 0.673. The summed E-state index contributed by atoms with van der Waals surface area (Å²) in [6.07, 6.45) is -0.315. The third-order valence-electron chi connectivity index (χ3n) is 2.75. The summed E-state index contributed by atoms with van der Waals surface area (Å²) in [5.41, 5.74) is 0. The van der Waals surface area contributed by atoms with Crippen molar-refractivity contribution in [1.29, 1.82) is 0 Å². The zero-order valence-electron chi connectivity index (χ0n) is 10.2. The van der Waals surface area contributed by atoms with Gasteiger partial charge in [0.1, 0.15) is 0 Å². The first-order valence-electron chi connectivity index (χ1n) is 5.31. The maximum atomic E-state index is 10.6. The van der Waals surface area contributed by atoms with E-state index >= 15 is 0 Å². The molecule has 0 amide bonds. The molecule has 1 heterocycles. The molecule has 1 aliphatic heterocycles. The van der Waals surface area contributed by atoms with Crippen LogP contribution in [-0.2, 0) is 9.16 Å². The van der Waals surface area contributed by atoms with E-state index in [-0.39, 0.29) is 17.7 Å². The van der Waals surface area contributed by atoms with Gasteiger partial charge in [-0.2, -0.15) is 0 Å². The van der Waals surface area contributed by atoms with Gasteiger partial charge in [-0.05, 0) is 13.8 Å². The van der Waals surface area contributed by atoms with E-state index < -0.39 is 14.3 Å². The molecule has 1 saturated heterocycles. The summed E-state index contributed by atoms with van der Waals surface area (Å²) in [4.78, 5) is 10.6. The molecule has 5 heteroatoms. The Labute approximate surface area is 92.5 Å². The standard InChI is InChI=1S/C10H22O4Si/c1-9(2,3)15(12)7-8(6-11)13-10(4,5)14-15/h8,11-12H,6-7H2,1-5H3. The first-order valence-corrected chi connectivity index (χ1v) is 7.37. The highest BCUT2D eigenvalue weighted by Gasteiger charge is 2.55. The number of aliphatic hydroxyl groups excluding tert-OH is 1. The fourth-order valence-electron chi connectivity index (χ4n) is 1.79. The van der Waals surface area contributed by atoms with Crippen LogP contribution in [0.3, 0.4) is 0 Å². The second kappa shape index (κ2) is 3.82. The van der Waals surface area contributed by atoms with Crippen LogP contribution in [0, 0.1) is 0 Å². The normalized spacial score (nSPS) is 36.6. The van der Waals surface area contributed by atoms with Gasteiger partial charge in [-0.1, -0.05) is 20.8 Å². The van der Waals surface area contributed by atoms with Gasteiger partial charge in [0.2, 0.25) is 0 Å². The Balaban J connectivity index is 2.91.